The van der Waals surface area contributed by atoms with Crippen molar-refractivity contribution in [3.63, 3.8) is 0 Å². The number of unbranched alkanes of at least 4 members (excludes halogenated alkanes) is 2. The van der Waals surface area contributed by atoms with E-state index in [2.05, 4.69) is 154 Å². The van der Waals surface area contributed by atoms with Crippen LogP contribution in [-0.2, 0) is 11.3 Å². The van der Waals surface area contributed by atoms with Crippen LogP contribution < -0.4 is 4.74 Å². The van der Waals surface area contributed by atoms with Gasteiger partial charge in [0, 0.05) is 75.4 Å². The summed E-state index contributed by atoms with van der Waals surface area (Å²) in [5, 5.41) is 29.8. The highest BCUT2D eigenvalue weighted by Gasteiger charge is 2.28. The predicted molar refractivity (Wildman–Crippen MR) is 349 cm³/mol. The molecule has 9 heteroatoms. The van der Waals surface area contributed by atoms with Crippen molar-refractivity contribution < 1.29 is 14.6 Å². The lowest BCUT2D eigenvalue weighted by atomic mass is 9.86. The second-order valence-corrected chi connectivity index (χ2v) is 24.4. The van der Waals surface area contributed by atoms with Crippen LogP contribution in [0.1, 0.15) is 83.9 Å². The third-order valence-electron chi connectivity index (χ3n) is 17.2. The van der Waals surface area contributed by atoms with Crippen molar-refractivity contribution >= 4 is 99.9 Å². The van der Waals surface area contributed by atoms with Crippen molar-refractivity contribution in [3.8, 4) is 76.8 Å². The minimum atomic E-state index is -1.26. The van der Waals surface area contributed by atoms with Crippen LogP contribution in [0.5, 0.6) is 5.75 Å². The number of hydrogen-bond acceptors (Lipinski definition) is 7. The van der Waals surface area contributed by atoms with Gasteiger partial charge in [-0.05, 0) is 112 Å². The van der Waals surface area contributed by atoms with Crippen molar-refractivity contribution in [2.24, 2.45) is 11.8 Å². The van der Waals surface area contributed by atoms with Gasteiger partial charge in [-0.15, -0.1) is 22.7 Å². The third kappa shape index (κ3) is 9.78. The maximum atomic E-state index is 11.9. The highest BCUT2D eigenvalue weighted by molar-refractivity contribution is 7.19. The summed E-state index contributed by atoms with van der Waals surface area (Å²) in [4.78, 5) is 26.9. The number of aromatic nitrogens is 3. The molecular formula is C74H64N4O3S2. The first-order chi connectivity index (χ1) is 40.8. The number of carboxylic acids is 1. The van der Waals surface area contributed by atoms with Gasteiger partial charge in [-0.25, -0.2) is 14.8 Å². The van der Waals surface area contributed by atoms with Crippen LogP contribution in [0.4, 0.5) is 0 Å². The molecule has 13 rings (SSSR count). The smallest absolute Gasteiger partial charge is 0.346 e. The molecular weight excluding hydrogens is 1060 g/mol. The molecule has 2 atom stereocenters. The first kappa shape index (κ1) is 53.6. The Kier molecular flexibility index (Phi) is 14.8. The Morgan fingerprint density at radius 1 is 0.566 bits per heavy atom. The maximum absolute atomic E-state index is 11.9. The zero-order valence-electron chi connectivity index (χ0n) is 47.3. The second kappa shape index (κ2) is 22.9. The molecule has 83 heavy (non-hydrogen) atoms. The van der Waals surface area contributed by atoms with Gasteiger partial charge in [0.15, 0.2) is 0 Å². The standard InChI is InChI=1S/C74H64N4O3S2/c1-5-9-19-45(7-3)43-78-61-40-59(47-29-31-51(32-30-47)81-44-46(8-4)20-10-6-2)55-27-17-25-53-54-26-18-28-56-60(41-62(78)69(67(54)56)68(61)66(53)55)65-38-37-64(83-65)58-35-34-57(63-36-33-52(82-63)39-50(42-75)74(79)80)72-73(58)77-71(49-23-15-12-16-24-49)70(76-72)48-21-13-11-14-22-48/h11-18,21-41,45-46H,5-10,19-20,43-44H2,1-4H3,(H,79,80)/b50-39-. The molecule has 0 bridgehead atoms. The summed E-state index contributed by atoms with van der Waals surface area (Å²) in [5.74, 6) is 0.756. The number of aliphatic carboxylic acids is 1. The number of nitriles is 1. The molecule has 4 aromatic heterocycles. The van der Waals surface area contributed by atoms with E-state index in [1.54, 1.807) is 11.3 Å². The first-order valence-corrected chi connectivity index (χ1v) is 31.1. The molecule has 0 aliphatic carbocycles. The molecule has 7 nitrogen and oxygen atoms in total. The van der Waals surface area contributed by atoms with Gasteiger partial charge in [0.1, 0.15) is 17.4 Å². The highest BCUT2D eigenvalue weighted by Crippen LogP contribution is 2.52. The number of benzene rings is 9. The van der Waals surface area contributed by atoms with E-state index in [-0.39, 0.29) is 5.57 Å². The molecule has 1 N–H and O–H groups in total. The molecule has 0 aliphatic rings. The molecule has 9 aromatic carbocycles. The van der Waals surface area contributed by atoms with E-state index >= 15 is 0 Å². The van der Waals surface area contributed by atoms with E-state index < -0.39 is 5.97 Å². The quantitative estimate of drug-likeness (QED) is 0.0333. The number of carbonyl (C=O) groups is 1. The molecule has 0 aliphatic heterocycles. The second-order valence-electron chi connectivity index (χ2n) is 22.2. The summed E-state index contributed by atoms with van der Waals surface area (Å²) in [7, 11) is 0. The largest absolute Gasteiger partial charge is 0.493 e. The topological polar surface area (TPSA) is 101 Å². The molecule has 13 aromatic rings. The van der Waals surface area contributed by atoms with Crippen LogP contribution in [0, 0.1) is 23.2 Å². The summed E-state index contributed by atoms with van der Waals surface area (Å²) in [6.07, 6.45) is 10.9. The van der Waals surface area contributed by atoms with Crippen LogP contribution in [-0.4, -0.2) is 32.2 Å². The lowest BCUT2D eigenvalue weighted by Crippen LogP contribution is -2.11. The van der Waals surface area contributed by atoms with Crippen molar-refractivity contribution in [1.29, 1.82) is 5.26 Å². The first-order valence-electron chi connectivity index (χ1n) is 29.5. The molecule has 0 saturated carbocycles. The lowest BCUT2D eigenvalue weighted by Gasteiger charge is -2.18. The van der Waals surface area contributed by atoms with E-state index in [4.69, 9.17) is 14.7 Å². The Morgan fingerprint density at radius 2 is 1.08 bits per heavy atom. The van der Waals surface area contributed by atoms with Gasteiger partial charge in [0.2, 0.25) is 0 Å². The van der Waals surface area contributed by atoms with E-state index in [0.717, 1.165) is 86.2 Å². The Labute approximate surface area is 492 Å². The van der Waals surface area contributed by atoms with Crippen LogP contribution in [0.15, 0.2) is 175 Å². The fourth-order valence-electron chi connectivity index (χ4n) is 12.7. The normalized spacial score (nSPS) is 12.9. The highest BCUT2D eigenvalue weighted by atomic mass is 32.1. The van der Waals surface area contributed by atoms with Crippen LogP contribution in [0.25, 0.3) is 136 Å². The summed E-state index contributed by atoms with van der Waals surface area (Å²) >= 11 is 3.21. The molecule has 0 amide bonds. The van der Waals surface area contributed by atoms with Gasteiger partial charge in [-0.3, -0.25) is 0 Å². The number of fused-ring (bicyclic) bond motifs is 2. The monoisotopic (exact) mass is 1120 g/mol. The zero-order valence-corrected chi connectivity index (χ0v) is 49.0. The Hall–Kier alpha value is -8.68. The summed E-state index contributed by atoms with van der Waals surface area (Å²) in [5.41, 5.74) is 12.7. The summed E-state index contributed by atoms with van der Waals surface area (Å²) in [6, 6.07) is 62.7. The van der Waals surface area contributed by atoms with Crippen molar-refractivity contribution in [1.82, 2.24) is 14.5 Å². The van der Waals surface area contributed by atoms with Crippen molar-refractivity contribution in [2.45, 2.75) is 85.6 Å². The summed E-state index contributed by atoms with van der Waals surface area (Å²) in [6.45, 7) is 10.9. The molecule has 0 radical (unpaired) electrons. The average molecular weight is 1120 g/mol. The van der Waals surface area contributed by atoms with E-state index in [1.165, 1.54) is 132 Å². The van der Waals surface area contributed by atoms with Gasteiger partial charge in [-0.1, -0.05) is 188 Å². The number of hydrogen-bond donors (Lipinski definition) is 1. The number of carboxylic acid groups (broad SMARTS) is 1. The fourth-order valence-corrected chi connectivity index (χ4v) is 14.7. The van der Waals surface area contributed by atoms with E-state index in [1.807, 2.05) is 54.6 Å². The minimum absolute atomic E-state index is 0.317. The van der Waals surface area contributed by atoms with Crippen LogP contribution in [0.3, 0.4) is 0 Å². The van der Waals surface area contributed by atoms with E-state index in [9.17, 15) is 15.2 Å². The van der Waals surface area contributed by atoms with Crippen molar-refractivity contribution in [2.75, 3.05) is 6.61 Å². The van der Waals surface area contributed by atoms with E-state index in [0.29, 0.717) is 16.7 Å². The van der Waals surface area contributed by atoms with Gasteiger partial charge < -0.3 is 14.4 Å². The molecule has 0 fully saturated rings. The summed E-state index contributed by atoms with van der Waals surface area (Å²) < 4.78 is 9.15. The van der Waals surface area contributed by atoms with Crippen LogP contribution >= 0.6 is 22.7 Å². The molecule has 0 spiro atoms. The number of thiophene rings is 2. The number of nitrogens with zero attached hydrogens (tertiary/aromatic N) is 4. The van der Waals surface area contributed by atoms with Gasteiger partial charge in [0.05, 0.1) is 40.1 Å². The molecule has 0 saturated heterocycles. The third-order valence-corrected chi connectivity index (χ3v) is 19.4. The van der Waals surface area contributed by atoms with Crippen LogP contribution in [0.2, 0.25) is 0 Å². The van der Waals surface area contributed by atoms with Gasteiger partial charge in [0.25, 0.3) is 0 Å². The Balaban J connectivity index is 0.998. The number of ether oxygens (including phenoxy) is 1. The lowest BCUT2D eigenvalue weighted by molar-refractivity contribution is -0.132. The molecule has 4 heterocycles. The Morgan fingerprint density at radius 3 is 1.64 bits per heavy atom. The molecule has 2 unspecified atom stereocenters. The maximum Gasteiger partial charge on any atom is 0.346 e. The zero-order chi connectivity index (χ0) is 56.7. The average Bonchev–Trinajstić information content (AvgIpc) is 1.93. The van der Waals surface area contributed by atoms with Gasteiger partial charge in [-0.2, -0.15) is 5.26 Å². The SMILES string of the molecule is CCCCC(CC)COc1ccc(-c2cc3c4c5c2cccc5c2cccc5c(-c6ccc(-c7ccc(-c8ccc(/C=C(/C#N)C(=O)O)s8)c8nc(-c9ccccc9)c(-c9ccccc9)nc78)s6)cc(c4c52)n3CC(CC)CCCC)cc1. The fraction of sp³-hybridized carbons (Fsp3) is 0.216. The van der Waals surface area contributed by atoms with Gasteiger partial charge >= 0.3 is 5.97 Å². The number of rotatable bonds is 21. The Bertz CT molecular complexity index is 4580. The minimum Gasteiger partial charge on any atom is -0.493 e. The molecule has 410 valence electrons. The predicted octanol–water partition coefficient (Wildman–Crippen LogP) is 21.0. The van der Waals surface area contributed by atoms with Crippen molar-refractivity contribution in [3.05, 3.63) is 180 Å².